The molecule has 29 nitrogen and oxygen atoms in total. The SMILES string of the molecule is CS(CC[C@H](N)C(=O)O)(C[C@H]1O[C@@H](n2cnc3c(N)ncnc32)[C@H](O)[C@@H]1O)OS(=O)(=O)O.Cc1ccc(S(=O)(=O)OS(C)(CC[C@H](N)C(=O)O)C[C@H]2O[C@@H](n3cnc4c(N)ncnc43)[C@H](O)[C@@H]2O)cc1. The maximum absolute atomic E-state index is 13.1. The highest BCUT2D eigenvalue weighted by Gasteiger charge is 2.49. The number of nitrogen functional groups attached to an aromatic ring is 2. The second-order valence-electron chi connectivity index (χ2n) is 16.7. The number of hydrogen-bond donors (Lipinski definition) is 11. The fourth-order valence-corrected chi connectivity index (χ4v) is 16.4. The Morgan fingerprint density at radius 3 is 1.46 bits per heavy atom. The minimum Gasteiger partial charge on any atom is -0.480 e. The van der Waals surface area contributed by atoms with E-state index in [1.54, 1.807) is 18.4 Å². The van der Waals surface area contributed by atoms with Crippen molar-refractivity contribution in [3.8, 4) is 0 Å². The summed E-state index contributed by atoms with van der Waals surface area (Å²) in [7, 11) is -14.6. The third-order valence-electron chi connectivity index (χ3n) is 11.2. The van der Waals surface area contributed by atoms with Gasteiger partial charge in [-0.1, -0.05) is 17.7 Å². The van der Waals surface area contributed by atoms with E-state index in [9.17, 15) is 56.5 Å². The molecule has 1 aromatic carbocycles. The van der Waals surface area contributed by atoms with E-state index in [4.69, 9.17) is 44.8 Å². The van der Waals surface area contributed by atoms with Gasteiger partial charge in [0.1, 0.15) is 60.2 Å². The molecule has 0 aliphatic carbocycles. The fourth-order valence-electron chi connectivity index (χ4n) is 7.46. The molecular formula is C37H54N12O17S4. The smallest absolute Gasteiger partial charge is 0.406 e. The van der Waals surface area contributed by atoms with Gasteiger partial charge in [-0.15, -0.1) is 20.6 Å². The minimum atomic E-state index is -4.91. The number of aliphatic hydroxyl groups is 4. The van der Waals surface area contributed by atoms with Crippen molar-refractivity contribution in [2.75, 3.05) is 47.0 Å². The van der Waals surface area contributed by atoms with Crippen LogP contribution >= 0.6 is 20.6 Å². The van der Waals surface area contributed by atoms with Crippen LogP contribution in [0, 0.1) is 6.92 Å². The summed E-state index contributed by atoms with van der Waals surface area (Å²) in [5.74, 6) is -2.84. The molecule has 12 atom stereocenters. The monoisotopic (exact) mass is 1070 g/mol. The van der Waals surface area contributed by atoms with E-state index >= 15 is 0 Å². The lowest BCUT2D eigenvalue weighted by Gasteiger charge is -2.37. The summed E-state index contributed by atoms with van der Waals surface area (Å²) in [5.41, 5.74) is 24.7. The molecule has 388 valence electrons. The number of ether oxygens (including phenoxy) is 2. The van der Waals surface area contributed by atoms with Crippen molar-refractivity contribution in [3.05, 3.63) is 55.1 Å². The summed E-state index contributed by atoms with van der Waals surface area (Å²) in [4.78, 5) is 46.3. The first-order valence-corrected chi connectivity index (χ1v) is 28.1. The molecule has 7 rings (SSSR count). The number of carboxylic acid groups (broad SMARTS) is 2. The van der Waals surface area contributed by atoms with Crippen LogP contribution in [-0.2, 0) is 46.8 Å². The van der Waals surface area contributed by atoms with Crippen LogP contribution in [0.4, 0.5) is 11.6 Å². The summed E-state index contributed by atoms with van der Waals surface area (Å²) < 4.78 is 83.3. The van der Waals surface area contributed by atoms with E-state index in [2.05, 4.69) is 29.9 Å². The van der Waals surface area contributed by atoms with E-state index in [-0.39, 0.29) is 74.7 Å². The number of carbonyl (C=O) groups is 2. The average Bonchev–Trinajstić information content (AvgIpc) is 4.04. The van der Waals surface area contributed by atoms with Crippen LogP contribution in [0.15, 0.2) is 54.5 Å². The predicted octanol–water partition coefficient (Wildman–Crippen LogP) is -2.11. The quantitative estimate of drug-likeness (QED) is 0.0394. The van der Waals surface area contributed by atoms with Crippen molar-refractivity contribution in [1.82, 2.24) is 39.0 Å². The van der Waals surface area contributed by atoms with Crippen LogP contribution in [0.1, 0.15) is 30.9 Å². The van der Waals surface area contributed by atoms with Crippen molar-refractivity contribution >= 4 is 87.0 Å². The molecule has 15 N–H and O–H groups in total. The first-order chi connectivity index (χ1) is 32.6. The highest BCUT2D eigenvalue weighted by Crippen LogP contribution is 2.53. The Morgan fingerprint density at radius 1 is 0.671 bits per heavy atom. The number of aromatic nitrogens is 8. The van der Waals surface area contributed by atoms with E-state index in [0.717, 1.165) is 5.56 Å². The molecule has 0 bridgehead atoms. The molecule has 2 fully saturated rings. The highest BCUT2D eigenvalue weighted by molar-refractivity contribution is 8.32. The Bertz CT molecular complexity index is 2900. The number of imidazole rings is 2. The summed E-state index contributed by atoms with van der Waals surface area (Å²) in [6, 6.07) is 3.53. The fraction of sp³-hybridized carbons (Fsp3) is 0.514. The molecule has 70 heavy (non-hydrogen) atoms. The Kier molecular flexibility index (Phi) is 16.6. The molecule has 5 aromatic rings. The van der Waals surface area contributed by atoms with Gasteiger partial charge >= 0.3 is 32.5 Å². The lowest BCUT2D eigenvalue weighted by Crippen LogP contribution is -2.37. The van der Waals surface area contributed by atoms with E-state index in [0.29, 0.717) is 0 Å². The molecule has 0 spiro atoms. The van der Waals surface area contributed by atoms with Crippen LogP contribution in [0.2, 0.25) is 0 Å². The Hall–Kier alpha value is -4.98. The molecule has 4 aromatic heterocycles. The van der Waals surface area contributed by atoms with Crippen LogP contribution < -0.4 is 22.9 Å². The molecule has 2 aliphatic heterocycles. The van der Waals surface area contributed by atoms with Gasteiger partial charge in [0.25, 0.3) is 0 Å². The van der Waals surface area contributed by atoms with Gasteiger partial charge in [0.05, 0.1) is 29.8 Å². The summed E-state index contributed by atoms with van der Waals surface area (Å²) >= 11 is 0. The molecule has 0 saturated carbocycles. The van der Waals surface area contributed by atoms with Crippen LogP contribution in [0.25, 0.3) is 22.3 Å². The third kappa shape index (κ3) is 12.5. The first kappa shape index (κ1) is 54.4. The summed E-state index contributed by atoms with van der Waals surface area (Å²) in [6.07, 6.45) is -2.51. The van der Waals surface area contributed by atoms with Gasteiger partial charge in [0.15, 0.2) is 35.4 Å². The number of nitrogens with two attached hydrogens (primary N) is 4. The highest BCUT2D eigenvalue weighted by atomic mass is 32.3. The van der Waals surface area contributed by atoms with E-state index in [1.807, 2.05) is 6.92 Å². The number of rotatable bonds is 19. The lowest BCUT2D eigenvalue weighted by atomic mass is 10.1. The van der Waals surface area contributed by atoms with Crippen molar-refractivity contribution in [1.29, 1.82) is 0 Å². The second-order valence-corrected chi connectivity index (χ2v) is 26.2. The summed E-state index contributed by atoms with van der Waals surface area (Å²) in [5, 5.41) is 60.9. The number of fused-ring (bicyclic) bond motifs is 2. The van der Waals surface area contributed by atoms with Gasteiger partial charge in [-0.25, -0.2) is 33.5 Å². The predicted molar refractivity (Wildman–Crippen MR) is 250 cm³/mol. The number of benzene rings is 1. The number of aliphatic carboxylic acids is 2. The molecule has 6 heterocycles. The van der Waals surface area contributed by atoms with E-state index < -0.39 is 114 Å². The van der Waals surface area contributed by atoms with Gasteiger partial charge in [-0.2, -0.15) is 20.5 Å². The molecule has 2 aliphatic rings. The first-order valence-electron chi connectivity index (χ1n) is 20.7. The zero-order valence-electron chi connectivity index (χ0n) is 37.4. The maximum Gasteiger partial charge on any atom is 0.406 e. The largest absolute Gasteiger partial charge is 0.480 e. The zero-order valence-corrected chi connectivity index (χ0v) is 40.6. The molecular weight excluding hydrogens is 1010 g/mol. The van der Waals surface area contributed by atoms with Crippen molar-refractivity contribution in [3.63, 3.8) is 0 Å². The number of anilines is 2. The van der Waals surface area contributed by atoms with Gasteiger partial charge in [-0.05, 0) is 44.4 Å². The lowest BCUT2D eigenvalue weighted by molar-refractivity contribution is -0.139. The number of hydrogen-bond acceptors (Lipinski definition) is 24. The van der Waals surface area contributed by atoms with Gasteiger partial charge in [0, 0.05) is 23.0 Å². The van der Waals surface area contributed by atoms with Crippen molar-refractivity contribution < 1.29 is 78.3 Å². The Balaban J connectivity index is 0.000000233. The van der Waals surface area contributed by atoms with E-state index in [1.165, 1.54) is 52.8 Å². The number of carboxylic acids is 2. The normalized spacial score (nSPS) is 26.4. The number of aliphatic hydroxyl groups excluding tert-OH is 4. The van der Waals surface area contributed by atoms with Crippen molar-refractivity contribution in [2.45, 2.75) is 85.8 Å². The molecule has 2 saturated heterocycles. The van der Waals surface area contributed by atoms with Crippen LogP contribution in [0.5, 0.6) is 0 Å². The summed E-state index contributed by atoms with van der Waals surface area (Å²) in [6.45, 7) is 1.81. The Labute approximate surface area is 402 Å². The Morgan fingerprint density at radius 2 is 1.07 bits per heavy atom. The standard InChI is InChI=1S/C22H30N6O8S2.C15H24N6O9S2/c1-12-3-5-13(6-4-12)38(33,34)36-37(2,8-7-14(23)22(31)32)9-15-17(29)18(30)21(35-15)28-11-27-16-19(24)25-10-26-20(16)28;1-31(30-32(26,27)28,3-2-7(16)15(24)25)4-8-10(22)11(23)14(29-8)21-6-20-9-12(17)18-5-19-13(9)21/h3-6,10-11,14-15,17-18,21,29-30H,7-9,23H2,1-2H3,(H,31,32)(H2,24,25,26);5-8,10-11,14,22-23H,2-4,16H2,1H3,(H,24,25)(H2,17,18,19)(H,26,27,28)/t14-,15+,17+,18+,21+;7-,8+,10+,11+,14+/m00/s1. The maximum atomic E-state index is 13.1. The van der Waals surface area contributed by atoms with Crippen molar-refractivity contribution in [2.24, 2.45) is 11.5 Å². The number of aryl methyl sites for hydroxylation is 1. The van der Waals surface area contributed by atoms with Crippen LogP contribution in [0.3, 0.4) is 0 Å². The molecule has 0 radical (unpaired) electrons. The topological polar surface area (TPSA) is 472 Å². The third-order valence-corrected chi connectivity index (χ3v) is 20.3. The van der Waals surface area contributed by atoms with Gasteiger partial charge < -0.3 is 63.0 Å². The second kappa shape index (κ2) is 21.4. The number of nitrogens with zero attached hydrogens (tertiary/aromatic N) is 8. The minimum absolute atomic E-state index is 0.0172. The molecule has 2 unspecified atom stereocenters. The van der Waals surface area contributed by atoms with Gasteiger partial charge in [-0.3, -0.25) is 23.3 Å². The molecule has 0 amide bonds. The average molecular weight is 1070 g/mol. The zero-order chi connectivity index (χ0) is 51.7. The van der Waals surface area contributed by atoms with Crippen LogP contribution in [-0.4, -0.2) is 187 Å². The molecule has 33 heteroatoms. The van der Waals surface area contributed by atoms with Gasteiger partial charge in [0.2, 0.25) is 0 Å².